The van der Waals surface area contributed by atoms with Crippen molar-refractivity contribution in [3.05, 3.63) is 211 Å². The number of para-hydroxylation sites is 1. The Morgan fingerprint density at radius 1 is 0.352 bits per heavy atom. The lowest BCUT2D eigenvalue weighted by Gasteiger charge is -2.29. The summed E-state index contributed by atoms with van der Waals surface area (Å²) in [5, 5.41) is 4.95. The summed E-state index contributed by atoms with van der Waals surface area (Å²) >= 11 is 0. The molecule has 1 nitrogen and oxygen atoms in total. The van der Waals surface area contributed by atoms with Gasteiger partial charge < -0.3 is 4.90 Å². The maximum absolute atomic E-state index is 2.44. The number of hydrogen-bond acceptors (Lipinski definition) is 1. The molecule has 0 spiro atoms. The van der Waals surface area contributed by atoms with Gasteiger partial charge in [-0.25, -0.2) is 0 Å². The zero-order valence-electron chi connectivity index (χ0n) is 30.5. The van der Waals surface area contributed by atoms with Gasteiger partial charge in [-0.15, -0.1) is 0 Å². The molecule has 10 rings (SSSR count). The Kier molecular flexibility index (Phi) is 7.56. The number of nitrogens with zero attached hydrogens (tertiary/aromatic N) is 1. The highest BCUT2D eigenvalue weighted by Gasteiger charge is 2.36. The van der Waals surface area contributed by atoms with Crippen molar-refractivity contribution in [2.24, 2.45) is 0 Å². The topological polar surface area (TPSA) is 3.24 Å². The SMILES string of the molecule is CC1(C)c2ccccc2-c2c(-c3ccc(N(c4ccccc4-c4ccc(-c5ccc6ccccc6c5)cc4)c4cccc5ccccc45)cc3)cccc21. The highest BCUT2D eigenvalue weighted by molar-refractivity contribution is 6.01. The number of hydrogen-bond donors (Lipinski definition) is 0. The Balaban J connectivity index is 1.09. The summed E-state index contributed by atoms with van der Waals surface area (Å²) in [6.45, 7) is 4.70. The fourth-order valence-corrected chi connectivity index (χ4v) is 8.72. The molecule has 0 bridgehead atoms. The molecule has 54 heavy (non-hydrogen) atoms. The molecule has 9 aromatic carbocycles. The Morgan fingerprint density at radius 2 is 0.889 bits per heavy atom. The van der Waals surface area contributed by atoms with Crippen LogP contribution in [-0.2, 0) is 5.41 Å². The van der Waals surface area contributed by atoms with Crippen LogP contribution in [0.5, 0.6) is 0 Å². The minimum absolute atomic E-state index is 0.0373. The van der Waals surface area contributed by atoms with Crippen molar-refractivity contribution in [2.75, 3.05) is 4.90 Å². The Hall–Kier alpha value is -6.70. The second-order valence-corrected chi connectivity index (χ2v) is 14.9. The van der Waals surface area contributed by atoms with Gasteiger partial charge in [0.15, 0.2) is 0 Å². The standard InChI is InChI=1S/C53H39N/c1-53(2)48-21-9-7-19-47(48)52-46(20-12-22-49(52)53)40-31-33-43(34-32-40)54(51-24-11-16-38-14-5-6-17-44(38)51)50-23-10-8-18-45(50)39-28-25-37(26-29-39)42-30-27-36-13-3-4-15-41(36)35-42/h3-35H,1-2H3. The van der Waals surface area contributed by atoms with E-state index in [9.17, 15) is 0 Å². The molecule has 0 saturated heterocycles. The second kappa shape index (κ2) is 12.8. The van der Waals surface area contributed by atoms with E-state index in [0.29, 0.717) is 0 Å². The molecule has 1 aliphatic rings. The Morgan fingerprint density at radius 3 is 1.72 bits per heavy atom. The van der Waals surface area contributed by atoms with E-state index in [1.807, 2.05) is 0 Å². The lowest BCUT2D eigenvalue weighted by atomic mass is 9.82. The predicted molar refractivity (Wildman–Crippen MR) is 230 cm³/mol. The van der Waals surface area contributed by atoms with Crippen LogP contribution in [0.2, 0.25) is 0 Å². The van der Waals surface area contributed by atoms with Crippen molar-refractivity contribution in [1.29, 1.82) is 0 Å². The molecular formula is C53H39N. The van der Waals surface area contributed by atoms with Crippen LogP contribution in [0.3, 0.4) is 0 Å². The third kappa shape index (κ3) is 5.24. The van der Waals surface area contributed by atoms with Gasteiger partial charge in [0.05, 0.1) is 11.4 Å². The fraction of sp³-hybridized carbons (Fsp3) is 0.0566. The van der Waals surface area contributed by atoms with Gasteiger partial charge >= 0.3 is 0 Å². The number of anilines is 3. The Bertz CT molecular complexity index is 2840. The maximum Gasteiger partial charge on any atom is 0.0540 e. The van der Waals surface area contributed by atoms with Crippen molar-refractivity contribution in [2.45, 2.75) is 19.3 Å². The number of rotatable bonds is 6. The first-order chi connectivity index (χ1) is 26.5. The van der Waals surface area contributed by atoms with Crippen LogP contribution in [0.25, 0.3) is 66.1 Å². The molecule has 0 aromatic heterocycles. The number of fused-ring (bicyclic) bond motifs is 5. The van der Waals surface area contributed by atoms with Gasteiger partial charge in [-0.1, -0.05) is 184 Å². The average molecular weight is 690 g/mol. The molecule has 1 heteroatoms. The molecule has 0 unspecified atom stereocenters. The molecule has 0 atom stereocenters. The summed E-state index contributed by atoms with van der Waals surface area (Å²) in [5.74, 6) is 0. The summed E-state index contributed by atoms with van der Waals surface area (Å²) < 4.78 is 0. The molecule has 0 saturated carbocycles. The van der Waals surface area contributed by atoms with Crippen LogP contribution in [0.4, 0.5) is 17.1 Å². The van der Waals surface area contributed by atoms with E-state index in [0.717, 1.165) is 17.1 Å². The molecule has 0 amide bonds. The van der Waals surface area contributed by atoms with Gasteiger partial charge in [0.2, 0.25) is 0 Å². The minimum Gasteiger partial charge on any atom is -0.309 e. The first-order valence-electron chi connectivity index (χ1n) is 18.8. The van der Waals surface area contributed by atoms with E-state index in [1.54, 1.807) is 0 Å². The quantitative estimate of drug-likeness (QED) is 0.168. The summed E-state index contributed by atoms with van der Waals surface area (Å²) in [6.07, 6.45) is 0. The van der Waals surface area contributed by atoms with Gasteiger partial charge in [-0.3, -0.25) is 0 Å². The summed E-state index contributed by atoms with van der Waals surface area (Å²) in [4.78, 5) is 2.44. The summed E-state index contributed by atoms with van der Waals surface area (Å²) in [7, 11) is 0. The van der Waals surface area contributed by atoms with Crippen molar-refractivity contribution in [3.8, 4) is 44.5 Å². The van der Waals surface area contributed by atoms with E-state index >= 15 is 0 Å². The van der Waals surface area contributed by atoms with E-state index in [4.69, 9.17) is 0 Å². The van der Waals surface area contributed by atoms with Crippen LogP contribution in [0, 0.1) is 0 Å². The molecule has 0 N–H and O–H groups in total. The van der Waals surface area contributed by atoms with Crippen LogP contribution in [0.1, 0.15) is 25.0 Å². The maximum atomic E-state index is 2.44. The van der Waals surface area contributed by atoms with Crippen molar-refractivity contribution in [3.63, 3.8) is 0 Å². The van der Waals surface area contributed by atoms with E-state index in [2.05, 4.69) is 219 Å². The molecule has 9 aromatic rings. The smallest absolute Gasteiger partial charge is 0.0540 e. The van der Waals surface area contributed by atoms with E-state index in [1.165, 1.54) is 77.2 Å². The van der Waals surface area contributed by atoms with Crippen molar-refractivity contribution < 1.29 is 0 Å². The van der Waals surface area contributed by atoms with E-state index in [-0.39, 0.29) is 5.41 Å². The highest BCUT2D eigenvalue weighted by atomic mass is 15.1. The molecular weight excluding hydrogens is 651 g/mol. The van der Waals surface area contributed by atoms with Crippen LogP contribution in [0.15, 0.2) is 200 Å². The molecule has 0 radical (unpaired) electrons. The third-order valence-electron chi connectivity index (χ3n) is 11.5. The second-order valence-electron chi connectivity index (χ2n) is 14.9. The zero-order chi connectivity index (χ0) is 36.2. The first kappa shape index (κ1) is 32.0. The van der Waals surface area contributed by atoms with Gasteiger partial charge in [-0.05, 0) is 96.6 Å². The van der Waals surface area contributed by atoms with Gasteiger partial charge in [0.25, 0.3) is 0 Å². The number of benzene rings is 9. The average Bonchev–Trinajstić information content (AvgIpc) is 3.47. The fourth-order valence-electron chi connectivity index (χ4n) is 8.72. The van der Waals surface area contributed by atoms with Crippen LogP contribution >= 0.6 is 0 Å². The van der Waals surface area contributed by atoms with Gasteiger partial charge in [0.1, 0.15) is 0 Å². The van der Waals surface area contributed by atoms with Crippen LogP contribution in [-0.4, -0.2) is 0 Å². The lowest BCUT2D eigenvalue weighted by molar-refractivity contribution is 0.660. The molecule has 0 heterocycles. The van der Waals surface area contributed by atoms with Gasteiger partial charge in [-0.2, -0.15) is 0 Å². The Labute approximate surface area is 317 Å². The molecule has 0 fully saturated rings. The third-order valence-corrected chi connectivity index (χ3v) is 11.5. The monoisotopic (exact) mass is 689 g/mol. The molecule has 0 aliphatic heterocycles. The van der Waals surface area contributed by atoms with E-state index < -0.39 is 0 Å². The molecule has 1 aliphatic carbocycles. The summed E-state index contributed by atoms with van der Waals surface area (Å²) in [5.41, 5.74) is 16.1. The van der Waals surface area contributed by atoms with Crippen LogP contribution < -0.4 is 4.90 Å². The zero-order valence-corrected chi connectivity index (χ0v) is 30.5. The van der Waals surface area contributed by atoms with Crippen molar-refractivity contribution in [1.82, 2.24) is 0 Å². The highest BCUT2D eigenvalue weighted by Crippen LogP contribution is 2.52. The predicted octanol–water partition coefficient (Wildman–Crippen LogP) is 14.8. The van der Waals surface area contributed by atoms with Gasteiger partial charge in [0, 0.05) is 22.1 Å². The lowest BCUT2D eigenvalue weighted by Crippen LogP contribution is -2.14. The van der Waals surface area contributed by atoms with Crippen molar-refractivity contribution >= 4 is 38.6 Å². The summed E-state index contributed by atoms with van der Waals surface area (Å²) in [6, 6.07) is 73.4. The normalized spacial score (nSPS) is 12.8. The first-order valence-corrected chi connectivity index (χ1v) is 18.8. The minimum atomic E-state index is -0.0373. The molecule has 256 valence electrons. The largest absolute Gasteiger partial charge is 0.309 e.